The molecule has 1 saturated heterocycles. The minimum atomic E-state index is 0.0602. The minimum Gasteiger partial charge on any atom is -0.458 e. The van der Waals surface area contributed by atoms with Crippen LogP contribution in [0.1, 0.15) is 0 Å². The van der Waals surface area contributed by atoms with Gasteiger partial charge in [-0.2, -0.15) is 0 Å². The SMILES string of the molecule is N=C1NC(=S)CO1. The summed E-state index contributed by atoms with van der Waals surface area (Å²) in [5.41, 5.74) is 0. The first-order valence-electron chi connectivity index (χ1n) is 1.80. The zero-order chi connectivity index (χ0) is 5.28. The number of ether oxygens (including phenoxy) is 1. The van der Waals surface area contributed by atoms with E-state index in [0.717, 1.165) is 0 Å². The van der Waals surface area contributed by atoms with Gasteiger partial charge < -0.3 is 10.1 Å². The third-order valence-electron chi connectivity index (χ3n) is 0.601. The average Bonchev–Trinajstić information content (AvgIpc) is 1.87. The predicted octanol–water partition coefficient (Wildman–Crippen LogP) is -0.132. The molecule has 38 valence electrons. The third-order valence-corrected chi connectivity index (χ3v) is 0.820. The molecule has 0 atom stereocenters. The van der Waals surface area contributed by atoms with E-state index in [1.54, 1.807) is 0 Å². The highest BCUT2D eigenvalue weighted by molar-refractivity contribution is 7.80. The molecule has 4 heteroatoms. The van der Waals surface area contributed by atoms with Crippen LogP contribution in [-0.4, -0.2) is 17.6 Å². The van der Waals surface area contributed by atoms with Crippen LogP contribution in [-0.2, 0) is 4.74 Å². The van der Waals surface area contributed by atoms with Gasteiger partial charge in [-0.05, 0) is 0 Å². The zero-order valence-corrected chi connectivity index (χ0v) is 4.34. The minimum absolute atomic E-state index is 0.0602. The lowest BCUT2D eigenvalue weighted by Gasteiger charge is -1.84. The Balaban J connectivity index is 2.55. The lowest BCUT2D eigenvalue weighted by atomic mass is 10.7. The van der Waals surface area contributed by atoms with Crippen molar-refractivity contribution < 1.29 is 4.74 Å². The summed E-state index contributed by atoms with van der Waals surface area (Å²) in [4.78, 5) is 0.588. The molecule has 1 aliphatic rings. The molecule has 1 rings (SSSR count). The van der Waals surface area contributed by atoms with Gasteiger partial charge >= 0.3 is 0 Å². The molecule has 0 saturated carbocycles. The van der Waals surface area contributed by atoms with Crippen LogP contribution in [0.15, 0.2) is 0 Å². The fourth-order valence-corrected chi connectivity index (χ4v) is 0.488. The largest absolute Gasteiger partial charge is 0.458 e. The fraction of sp³-hybridized carbons (Fsp3) is 0.333. The van der Waals surface area contributed by atoms with Crippen molar-refractivity contribution in [3.8, 4) is 0 Å². The molecule has 2 N–H and O–H groups in total. The highest BCUT2D eigenvalue weighted by Crippen LogP contribution is 1.86. The summed E-state index contributed by atoms with van der Waals surface area (Å²) in [5, 5.41) is 9.27. The van der Waals surface area contributed by atoms with Gasteiger partial charge in [0.15, 0.2) is 0 Å². The fourth-order valence-electron chi connectivity index (χ4n) is 0.337. The van der Waals surface area contributed by atoms with Gasteiger partial charge in [0.1, 0.15) is 11.6 Å². The lowest BCUT2D eigenvalue weighted by Crippen LogP contribution is -2.17. The lowest BCUT2D eigenvalue weighted by molar-refractivity contribution is 0.375. The first-order valence-corrected chi connectivity index (χ1v) is 2.21. The van der Waals surface area contributed by atoms with Gasteiger partial charge in [0.05, 0.1) is 0 Å². The van der Waals surface area contributed by atoms with E-state index in [1.165, 1.54) is 0 Å². The van der Waals surface area contributed by atoms with Crippen molar-refractivity contribution in [1.82, 2.24) is 5.32 Å². The van der Waals surface area contributed by atoms with Gasteiger partial charge in [0.2, 0.25) is 0 Å². The van der Waals surface area contributed by atoms with Crippen molar-refractivity contribution >= 4 is 23.2 Å². The molecule has 0 bridgehead atoms. The highest BCUT2D eigenvalue weighted by atomic mass is 32.1. The van der Waals surface area contributed by atoms with Gasteiger partial charge in [-0.15, -0.1) is 0 Å². The standard InChI is InChI=1S/C3H4N2OS/c4-3-5-2(7)1-6-3/h1H2,(H2,4,5,7). The Morgan fingerprint density at radius 3 is 2.71 bits per heavy atom. The van der Waals surface area contributed by atoms with Crippen LogP contribution in [0.3, 0.4) is 0 Å². The zero-order valence-electron chi connectivity index (χ0n) is 3.52. The number of nitrogens with one attached hydrogen (secondary N) is 2. The van der Waals surface area contributed by atoms with Crippen LogP contribution in [0.5, 0.6) is 0 Å². The van der Waals surface area contributed by atoms with E-state index in [1.807, 2.05) is 0 Å². The predicted molar refractivity (Wildman–Crippen MR) is 29.4 cm³/mol. The number of amidine groups is 1. The van der Waals surface area contributed by atoms with Gasteiger partial charge in [0, 0.05) is 0 Å². The number of hydrogen-bond acceptors (Lipinski definition) is 3. The van der Waals surface area contributed by atoms with E-state index in [2.05, 4.69) is 22.3 Å². The van der Waals surface area contributed by atoms with E-state index in [0.29, 0.717) is 11.6 Å². The van der Waals surface area contributed by atoms with Crippen molar-refractivity contribution in [1.29, 1.82) is 5.41 Å². The second-order valence-corrected chi connectivity index (χ2v) is 1.66. The van der Waals surface area contributed by atoms with Gasteiger partial charge in [-0.3, -0.25) is 5.41 Å². The van der Waals surface area contributed by atoms with Crippen molar-refractivity contribution in [3.63, 3.8) is 0 Å². The van der Waals surface area contributed by atoms with Crippen molar-refractivity contribution in [2.75, 3.05) is 6.61 Å². The first kappa shape index (κ1) is 4.52. The molecule has 7 heavy (non-hydrogen) atoms. The Bertz CT molecular complexity index is 108. The maximum atomic E-state index is 6.76. The van der Waals surface area contributed by atoms with Crippen LogP contribution < -0.4 is 5.32 Å². The molecular formula is C3H4N2OS. The normalized spacial score (nSPS) is 18.9. The Labute approximate surface area is 46.2 Å². The summed E-state index contributed by atoms with van der Waals surface area (Å²) in [6.45, 7) is 0.369. The number of rotatable bonds is 0. The topological polar surface area (TPSA) is 45.1 Å². The van der Waals surface area contributed by atoms with E-state index < -0.39 is 0 Å². The molecule has 0 unspecified atom stereocenters. The molecule has 1 aliphatic heterocycles. The maximum Gasteiger partial charge on any atom is 0.287 e. The molecule has 0 aromatic rings. The van der Waals surface area contributed by atoms with Crippen molar-refractivity contribution in [2.45, 2.75) is 0 Å². The average molecular weight is 116 g/mol. The summed E-state index contributed by atoms with van der Waals surface area (Å²) in [6, 6.07) is 0.0602. The molecule has 3 nitrogen and oxygen atoms in total. The van der Waals surface area contributed by atoms with Crippen molar-refractivity contribution in [2.24, 2.45) is 0 Å². The van der Waals surface area contributed by atoms with Gasteiger partial charge in [0.25, 0.3) is 6.02 Å². The van der Waals surface area contributed by atoms with E-state index in [9.17, 15) is 0 Å². The number of hydrogen-bond donors (Lipinski definition) is 2. The monoisotopic (exact) mass is 116 g/mol. The molecule has 0 radical (unpaired) electrons. The van der Waals surface area contributed by atoms with E-state index in [-0.39, 0.29) is 6.02 Å². The van der Waals surface area contributed by atoms with Crippen LogP contribution in [0.25, 0.3) is 0 Å². The highest BCUT2D eigenvalue weighted by Gasteiger charge is 2.09. The summed E-state index contributed by atoms with van der Waals surface area (Å²) in [6.07, 6.45) is 0. The second-order valence-electron chi connectivity index (χ2n) is 1.17. The van der Waals surface area contributed by atoms with Crippen molar-refractivity contribution in [3.05, 3.63) is 0 Å². The molecule has 1 fully saturated rings. The van der Waals surface area contributed by atoms with Gasteiger partial charge in [-0.1, -0.05) is 12.2 Å². The summed E-state index contributed by atoms with van der Waals surface area (Å²) >= 11 is 4.62. The Morgan fingerprint density at radius 2 is 2.57 bits per heavy atom. The van der Waals surface area contributed by atoms with Crippen LogP contribution in [0.4, 0.5) is 0 Å². The summed E-state index contributed by atoms with van der Waals surface area (Å²) in [7, 11) is 0. The molecule has 0 aromatic heterocycles. The molecule has 1 heterocycles. The molecular weight excluding hydrogens is 112 g/mol. The quantitative estimate of drug-likeness (QED) is 0.433. The Morgan fingerprint density at radius 1 is 1.86 bits per heavy atom. The van der Waals surface area contributed by atoms with E-state index in [4.69, 9.17) is 5.41 Å². The summed E-state index contributed by atoms with van der Waals surface area (Å²) < 4.78 is 4.60. The van der Waals surface area contributed by atoms with E-state index >= 15 is 0 Å². The van der Waals surface area contributed by atoms with Crippen LogP contribution >= 0.6 is 12.2 Å². The Hall–Kier alpha value is -0.640. The molecule has 0 spiro atoms. The molecule has 0 aromatic carbocycles. The molecule has 0 amide bonds. The third kappa shape index (κ3) is 0.866. The first-order chi connectivity index (χ1) is 3.29. The summed E-state index contributed by atoms with van der Waals surface area (Å²) in [5.74, 6) is 0. The number of thiocarbonyl (C=S) groups is 1. The molecule has 0 aliphatic carbocycles. The maximum absolute atomic E-state index is 6.76. The van der Waals surface area contributed by atoms with Crippen LogP contribution in [0, 0.1) is 5.41 Å². The smallest absolute Gasteiger partial charge is 0.287 e. The van der Waals surface area contributed by atoms with Gasteiger partial charge in [-0.25, -0.2) is 0 Å². The second kappa shape index (κ2) is 1.46. The van der Waals surface area contributed by atoms with Crippen LogP contribution in [0.2, 0.25) is 0 Å². The Kier molecular flexibility index (Phi) is 0.941.